The molecular formula is C15H27N. The molecule has 0 bridgehead atoms. The molecule has 0 saturated heterocycles. The zero-order chi connectivity index (χ0) is 11.2. The van der Waals surface area contributed by atoms with Crippen molar-refractivity contribution in [2.24, 2.45) is 5.92 Å². The van der Waals surface area contributed by atoms with E-state index in [1.165, 1.54) is 64.3 Å². The highest BCUT2D eigenvalue weighted by molar-refractivity contribution is 5.05. The van der Waals surface area contributed by atoms with Crippen molar-refractivity contribution < 1.29 is 0 Å². The van der Waals surface area contributed by atoms with Crippen LogP contribution >= 0.6 is 0 Å². The molecule has 2 aliphatic rings. The van der Waals surface area contributed by atoms with Crippen LogP contribution < -0.4 is 5.32 Å². The van der Waals surface area contributed by atoms with Gasteiger partial charge >= 0.3 is 0 Å². The third-order valence-electron chi connectivity index (χ3n) is 4.28. The Morgan fingerprint density at radius 3 is 2.69 bits per heavy atom. The second-order valence-electron chi connectivity index (χ2n) is 5.77. The van der Waals surface area contributed by atoms with Crippen molar-refractivity contribution in [3.8, 4) is 0 Å². The number of hydrogen-bond donors (Lipinski definition) is 1. The maximum atomic E-state index is 3.75. The summed E-state index contributed by atoms with van der Waals surface area (Å²) >= 11 is 0. The molecule has 16 heavy (non-hydrogen) atoms. The van der Waals surface area contributed by atoms with Gasteiger partial charge in [-0.1, -0.05) is 18.6 Å². The van der Waals surface area contributed by atoms with E-state index in [4.69, 9.17) is 0 Å². The van der Waals surface area contributed by atoms with Gasteiger partial charge < -0.3 is 5.32 Å². The van der Waals surface area contributed by atoms with Gasteiger partial charge in [0.1, 0.15) is 0 Å². The largest absolute Gasteiger partial charge is 0.314 e. The predicted octanol–water partition coefficient (Wildman–Crippen LogP) is 4.05. The Bertz CT molecular complexity index is 224. The molecule has 1 saturated carbocycles. The van der Waals surface area contributed by atoms with Gasteiger partial charge in [-0.25, -0.2) is 0 Å². The highest BCUT2D eigenvalue weighted by Gasteiger charge is 2.17. The Morgan fingerprint density at radius 2 is 2.00 bits per heavy atom. The maximum absolute atomic E-state index is 3.75. The molecule has 0 aromatic carbocycles. The van der Waals surface area contributed by atoms with Gasteiger partial charge in [-0.15, -0.1) is 0 Å². The van der Waals surface area contributed by atoms with Crippen LogP contribution in [0.2, 0.25) is 0 Å². The van der Waals surface area contributed by atoms with E-state index in [-0.39, 0.29) is 0 Å². The summed E-state index contributed by atoms with van der Waals surface area (Å²) in [7, 11) is 0. The van der Waals surface area contributed by atoms with Gasteiger partial charge in [-0.05, 0) is 70.3 Å². The van der Waals surface area contributed by atoms with Gasteiger partial charge in [0.25, 0.3) is 0 Å². The molecule has 0 radical (unpaired) electrons. The second kappa shape index (κ2) is 6.44. The van der Waals surface area contributed by atoms with Gasteiger partial charge in [0.05, 0.1) is 0 Å². The molecule has 0 unspecified atom stereocenters. The maximum Gasteiger partial charge on any atom is 0.00673 e. The molecule has 1 fully saturated rings. The van der Waals surface area contributed by atoms with Crippen LogP contribution in [0.25, 0.3) is 0 Å². The van der Waals surface area contributed by atoms with Crippen molar-refractivity contribution >= 4 is 0 Å². The second-order valence-corrected chi connectivity index (χ2v) is 5.77. The monoisotopic (exact) mass is 221 g/mol. The lowest BCUT2D eigenvalue weighted by Gasteiger charge is -2.27. The molecule has 0 aromatic rings. The average Bonchev–Trinajstić information content (AvgIpc) is 2.33. The minimum atomic E-state index is 0.820. The Morgan fingerprint density at radius 1 is 1.19 bits per heavy atom. The van der Waals surface area contributed by atoms with E-state index in [9.17, 15) is 0 Å². The Hall–Kier alpha value is -0.300. The molecule has 0 atom stereocenters. The van der Waals surface area contributed by atoms with E-state index in [1.54, 1.807) is 5.57 Å². The molecule has 1 N–H and O–H groups in total. The van der Waals surface area contributed by atoms with Crippen molar-refractivity contribution in [1.82, 2.24) is 5.32 Å². The fourth-order valence-electron chi connectivity index (χ4n) is 3.03. The minimum Gasteiger partial charge on any atom is -0.314 e. The highest BCUT2D eigenvalue weighted by atomic mass is 14.9. The van der Waals surface area contributed by atoms with Crippen molar-refractivity contribution in [2.75, 3.05) is 6.54 Å². The normalized spacial score (nSPS) is 31.2. The summed E-state index contributed by atoms with van der Waals surface area (Å²) in [6, 6.07) is 0.820. The quantitative estimate of drug-likeness (QED) is 0.706. The first-order valence-electron chi connectivity index (χ1n) is 7.26. The Kier molecular flexibility index (Phi) is 4.90. The molecule has 0 aliphatic heterocycles. The first-order chi connectivity index (χ1) is 7.84. The van der Waals surface area contributed by atoms with Gasteiger partial charge in [0, 0.05) is 6.04 Å². The zero-order valence-corrected chi connectivity index (χ0v) is 10.8. The molecule has 0 spiro atoms. The lowest BCUT2D eigenvalue weighted by atomic mass is 9.87. The van der Waals surface area contributed by atoms with Crippen molar-refractivity contribution in [2.45, 2.75) is 70.8 Å². The van der Waals surface area contributed by atoms with Crippen LogP contribution in [0.3, 0.4) is 0 Å². The smallest absolute Gasteiger partial charge is 0.00673 e. The van der Waals surface area contributed by atoms with Gasteiger partial charge in [-0.3, -0.25) is 0 Å². The standard InChI is InChI=1S/C15H27N/c1-13-7-9-15(10-8-13)16-12-11-14-5-3-2-4-6-14/h5,13,15-16H,2-4,6-12H2,1H3. The lowest BCUT2D eigenvalue weighted by Crippen LogP contribution is -2.33. The van der Waals surface area contributed by atoms with Crippen LogP contribution in [-0.4, -0.2) is 12.6 Å². The highest BCUT2D eigenvalue weighted by Crippen LogP contribution is 2.24. The first-order valence-corrected chi connectivity index (χ1v) is 7.26. The molecular weight excluding hydrogens is 194 g/mol. The molecule has 1 nitrogen and oxygen atoms in total. The summed E-state index contributed by atoms with van der Waals surface area (Å²) in [4.78, 5) is 0. The fraction of sp³-hybridized carbons (Fsp3) is 0.867. The topological polar surface area (TPSA) is 12.0 Å². The molecule has 1 heteroatoms. The first kappa shape index (κ1) is 12.2. The fourth-order valence-corrected chi connectivity index (χ4v) is 3.03. The summed E-state index contributed by atoms with van der Waals surface area (Å²) in [6.07, 6.45) is 15.0. The third kappa shape index (κ3) is 3.93. The van der Waals surface area contributed by atoms with Crippen LogP contribution in [0.1, 0.15) is 64.7 Å². The lowest BCUT2D eigenvalue weighted by molar-refractivity contribution is 0.308. The number of hydrogen-bond acceptors (Lipinski definition) is 1. The van der Waals surface area contributed by atoms with Gasteiger partial charge in [-0.2, -0.15) is 0 Å². The summed E-state index contributed by atoms with van der Waals surface area (Å²) in [5, 5.41) is 3.75. The molecule has 0 aromatic heterocycles. The Labute approximate surface area is 101 Å². The van der Waals surface area contributed by atoms with Crippen molar-refractivity contribution in [3.63, 3.8) is 0 Å². The molecule has 0 amide bonds. The van der Waals surface area contributed by atoms with E-state index in [0.717, 1.165) is 12.0 Å². The van der Waals surface area contributed by atoms with E-state index in [0.29, 0.717) is 0 Å². The summed E-state index contributed by atoms with van der Waals surface area (Å²) in [5.74, 6) is 0.971. The van der Waals surface area contributed by atoms with Gasteiger partial charge in [0.2, 0.25) is 0 Å². The van der Waals surface area contributed by atoms with E-state index in [2.05, 4.69) is 18.3 Å². The number of nitrogens with one attached hydrogen (secondary N) is 1. The van der Waals surface area contributed by atoms with E-state index < -0.39 is 0 Å². The van der Waals surface area contributed by atoms with E-state index >= 15 is 0 Å². The Balaban J connectivity index is 1.59. The SMILES string of the molecule is CC1CCC(NCCC2=CCCCC2)CC1. The summed E-state index contributed by atoms with van der Waals surface area (Å²) in [5.41, 5.74) is 1.71. The van der Waals surface area contributed by atoms with Crippen LogP contribution in [-0.2, 0) is 0 Å². The number of rotatable bonds is 4. The van der Waals surface area contributed by atoms with E-state index in [1.807, 2.05) is 0 Å². The minimum absolute atomic E-state index is 0.820. The van der Waals surface area contributed by atoms with Crippen molar-refractivity contribution in [1.29, 1.82) is 0 Å². The van der Waals surface area contributed by atoms with Crippen LogP contribution in [0.15, 0.2) is 11.6 Å². The zero-order valence-electron chi connectivity index (χ0n) is 10.8. The average molecular weight is 221 g/mol. The summed E-state index contributed by atoms with van der Waals surface area (Å²) < 4.78 is 0. The summed E-state index contributed by atoms with van der Waals surface area (Å²) in [6.45, 7) is 3.61. The molecule has 92 valence electrons. The predicted molar refractivity (Wildman–Crippen MR) is 70.6 cm³/mol. The third-order valence-corrected chi connectivity index (χ3v) is 4.28. The van der Waals surface area contributed by atoms with Crippen LogP contribution in [0, 0.1) is 5.92 Å². The van der Waals surface area contributed by atoms with Crippen molar-refractivity contribution in [3.05, 3.63) is 11.6 Å². The van der Waals surface area contributed by atoms with Gasteiger partial charge in [0.15, 0.2) is 0 Å². The number of allylic oxidation sites excluding steroid dienone is 1. The van der Waals surface area contributed by atoms with Crippen LogP contribution in [0.4, 0.5) is 0 Å². The van der Waals surface area contributed by atoms with Crippen LogP contribution in [0.5, 0.6) is 0 Å². The molecule has 2 rings (SSSR count). The molecule has 2 aliphatic carbocycles. The molecule has 0 heterocycles.